The van der Waals surface area contributed by atoms with Gasteiger partial charge in [0.2, 0.25) is 11.8 Å². The highest BCUT2D eigenvalue weighted by Gasteiger charge is 2.25. The summed E-state index contributed by atoms with van der Waals surface area (Å²) in [7, 11) is 0. The third-order valence-electron chi connectivity index (χ3n) is 5.13. The molecule has 0 atom stereocenters. The molecule has 2 aliphatic rings. The Balaban J connectivity index is 1.57. The van der Waals surface area contributed by atoms with Crippen molar-refractivity contribution in [1.29, 1.82) is 0 Å². The van der Waals surface area contributed by atoms with Gasteiger partial charge in [0.25, 0.3) is 5.91 Å². The summed E-state index contributed by atoms with van der Waals surface area (Å²) in [5.41, 5.74) is 3.78. The lowest BCUT2D eigenvalue weighted by Crippen LogP contribution is -2.26. The van der Waals surface area contributed by atoms with Crippen molar-refractivity contribution in [2.24, 2.45) is 0 Å². The average molecular weight is 363 g/mol. The minimum absolute atomic E-state index is 0.00941. The summed E-state index contributed by atoms with van der Waals surface area (Å²) < 4.78 is 0. The van der Waals surface area contributed by atoms with Gasteiger partial charge >= 0.3 is 0 Å². The Kier molecular flexibility index (Phi) is 4.39. The highest BCUT2D eigenvalue weighted by atomic mass is 16.2. The van der Waals surface area contributed by atoms with Gasteiger partial charge in [-0.1, -0.05) is 12.1 Å². The van der Waals surface area contributed by atoms with Crippen LogP contribution in [0.15, 0.2) is 42.5 Å². The Hall–Kier alpha value is -3.15. The van der Waals surface area contributed by atoms with E-state index in [1.807, 2.05) is 36.4 Å². The zero-order valence-electron chi connectivity index (χ0n) is 15.2. The van der Waals surface area contributed by atoms with Crippen molar-refractivity contribution in [2.75, 3.05) is 28.2 Å². The van der Waals surface area contributed by atoms with Crippen LogP contribution in [0, 0.1) is 0 Å². The highest BCUT2D eigenvalue weighted by Crippen LogP contribution is 2.31. The zero-order valence-corrected chi connectivity index (χ0v) is 15.2. The molecule has 138 valence electrons. The van der Waals surface area contributed by atoms with E-state index in [1.165, 1.54) is 0 Å². The van der Waals surface area contributed by atoms with E-state index in [0.29, 0.717) is 30.8 Å². The fourth-order valence-corrected chi connectivity index (χ4v) is 3.78. The van der Waals surface area contributed by atoms with Crippen molar-refractivity contribution in [3.8, 4) is 0 Å². The number of hydrogen-bond acceptors (Lipinski definition) is 3. The lowest BCUT2D eigenvalue weighted by Gasteiger charge is -2.20. The van der Waals surface area contributed by atoms with Crippen molar-refractivity contribution in [1.82, 2.24) is 0 Å². The largest absolute Gasteiger partial charge is 0.320 e. The number of para-hydroxylation sites is 2. The Bertz CT molecular complexity index is 938. The molecule has 0 bridgehead atoms. The van der Waals surface area contributed by atoms with Gasteiger partial charge < -0.3 is 15.1 Å². The number of benzene rings is 2. The van der Waals surface area contributed by atoms with Crippen LogP contribution in [-0.2, 0) is 16.0 Å². The van der Waals surface area contributed by atoms with Crippen LogP contribution in [-0.4, -0.2) is 30.8 Å². The SMILES string of the molecule is CC(=O)N1CCc2cc(C(=O)Nc3ccccc3N3CCCC3=O)ccc21. The summed E-state index contributed by atoms with van der Waals surface area (Å²) in [5.74, 6) is -0.133. The van der Waals surface area contributed by atoms with Gasteiger partial charge in [0.15, 0.2) is 0 Å². The molecule has 6 heteroatoms. The Morgan fingerprint density at radius 3 is 2.56 bits per heavy atom. The van der Waals surface area contributed by atoms with Gasteiger partial charge in [-0.2, -0.15) is 0 Å². The van der Waals surface area contributed by atoms with Crippen LogP contribution >= 0.6 is 0 Å². The second-order valence-electron chi connectivity index (χ2n) is 6.88. The Morgan fingerprint density at radius 2 is 1.81 bits per heavy atom. The molecule has 0 aromatic heterocycles. The minimum Gasteiger partial charge on any atom is -0.320 e. The van der Waals surface area contributed by atoms with E-state index >= 15 is 0 Å². The second kappa shape index (κ2) is 6.87. The average Bonchev–Trinajstić information content (AvgIpc) is 3.27. The summed E-state index contributed by atoms with van der Waals surface area (Å²) in [6.45, 7) is 2.87. The monoisotopic (exact) mass is 363 g/mol. The van der Waals surface area contributed by atoms with Crippen LogP contribution in [0.4, 0.5) is 17.1 Å². The molecule has 1 saturated heterocycles. The predicted octanol–water partition coefficient (Wildman–Crippen LogP) is 2.97. The maximum Gasteiger partial charge on any atom is 0.255 e. The van der Waals surface area contributed by atoms with Crippen molar-refractivity contribution >= 4 is 34.8 Å². The molecule has 27 heavy (non-hydrogen) atoms. The van der Waals surface area contributed by atoms with Crippen LogP contribution in [0.2, 0.25) is 0 Å². The number of anilines is 3. The number of amides is 3. The third kappa shape index (κ3) is 3.18. The number of hydrogen-bond donors (Lipinski definition) is 1. The molecular formula is C21H21N3O3. The van der Waals surface area contributed by atoms with E-state index in [0.717, 1.165) is 29.8 Å². The maximum atomic E-state index is 12.8. The Labute approximate surface area is 157 Å². The molecule has 4 rings (SSSR count). The Morgan fingerprint density at radius 1 is 1.00 bits per heavy atom. The van der Waals surface area contributed by atoms with Gasteiger partial charge in [-0.05, 0) is 48.7 Å². The van der Waals surface area contributed by atoms with Crippen molar-refractivity contribution < 1.29 is 14.4 Å². The van der Waals surface area contributed by atoms with E-state index in [-0.39, 0.29) is 17.7 Å². The van der Waals surface area contributed by atoms with Crippen LogP contribution in [0.25, 0.3) is 0 Å². The third-order valence-corrected chi connectivity index (χ3v) is 5.13. The molecule has 0 radical (unpaired) electrons. The normalized spacial score (nSPS) is 15.8. The molecule has 6 nitrogen and oxygen atoms in total. The predicted molar refractivity (Wildman–Crippen MR) is 104 cm³/mol. The standard InChI is InChI=1S/C21H21N3O3/c1-14(25)23-12-10-15-13-16(8-9-18(15)23)21(27)22-17-5-2-3-6-19(17)24-11-4-7-20(24)26/h2-3,5-6,8-9,13H,4,7,10-12H2,1H3,(H,22,27). The van der Waals surface area contributed by atoms with Crippen molar-refractivity contribution in [3.05, 3.63) is 53.6 Å². The minimum atomic E-state index is -0.224. The van der Waals surface area contributed by atoms with Gasteiger partial charge in [0.05, 0.1) is 11.4 Å². The van der Waals surface area contributed by atoms with E-state index in [4.69, 9.17) is 0 Å². The lowest BCUT2D eigenvalue weighted by molar-refractivity contribution is -0.117. The van der Waals surface area contributed by atoms with Crippen molar-refractivity contribution in [2.45, 2.75) is 26.2 Å². The molecule has 1 N–H and O–H groups in total. The molecule has 2 heterocycles. The summed E-state index contributed by atoms with van der Waals surface area (Å²) in [4.78, 5) is 40.0. The quantitative estimate of drug-likeness (QED) is 0.911. The summed E-state index contributed by atoms with van der Waals surface area (Å²) in [6.07, 6.45) is 2.12. The van der Waals surface area contributed by atoms with Gasteiger partial charge in [-0.3, -0.25) is 14.4 Å². The first-order valence-corrected chi connectivity index (χ1v) is 9.16. The van der Waals surface area contributed by atoms with Crippen molar-refractivity contribution in [3.63, 3.8) is 0 Å². The summed E-state index contributed by atoms with van der Waals surface area (Å²) in [6, 6.07) is 12.8. The van der Waals surface area contributed by atoms with E-state index in [1.54, 1.807) is 22.8 Å². The van der Waals surface area contributed by atoms with Crippen LogP contribution < -0.4 is 15.1 Å². The molecule has 2 aliphatic heterocycles. The molecule has 2 aromatic rings. The lowest BCUT2D eigenvalue weighted by atomic mass is 10.1. The fraction of sp³-hybridized carbons (Fsp3) is 0.286. The van der Waals surface area contributed by atoms with Crippen LogP contribution in [0.1, 0.15) is 35.7 Å². The number of fused-ring (bicyclic) bond motifs is 1. The fourth-order valence-electron chi connectivity index (χ4n) is 3.78. The van der Waals surface area contributed by atoms with E-state index in [9.17, 15) is 14.4 Å². The number of carbonyl (C=O) groups excluding carboxylic acids is 3. The van der Waals surface area contributed by atoms with Gasteiger partial charge in [-0.25, -0.2) is 0 Å². The van der Waals surface area contributed by atoms with E-state index < -0.39 is 0 Å². The number of carbonyl (C=O) groups is 3. The molecule has 1 fully saturated rings. The summed E-state index contributed by atoms with van der Waals surface area (Å²) >= 11 is 0. The molecule has 0 saturated carbocycles. The first kappa shape index (κ1) is 17.3. The maximum absolute atomic E-state index is 12.8. The first-order valence-electron chi connectivity index (χ1n) is 9.16. The number of rotatable bonds is 3. The smallest absolute Gasteiger partial charge is 0.255 e. The molecule has 0 unspecified atom stereocenters. The molecular weight excluding hydrogens is 342 g/mol. The summed E-state index contributed by atoms with van der Waals surface area (Å²) in [5, 5.41) is 2.94. The number of nitrogens with one attached hydrogen (secondary N) is 1. The van der Waals surface area contributed by atoms with Gasteiger partial charge in [0, 0.05) is 37.7 Å². The second-order valence-corrected chi connectivity index (χ2v) is 6.88. The molecule has 3 amide bonds. The first-order chi connectivity index (χ1) is 13.0. The molecule has 0 spiro atoms. The number of nitrogens with zero attached hydrogens (tertiary/aromatic N) is 2. The van der Waals surface area contributed by atoms with E-state index in [2.05, 4.69) is 5.32 Å². The van der Waals surface area contributed by atoms with Gasteiger partial charge in [-0.15, -0.1) is 0 Å². The topological polar surface area (TPSA) is 69.7 Å². The van der Waals surface area contributed by atoms with Crippen LogP contribution in [0.3, 0.4) is 0 Å². The van der Waals surface area contributed by atoms with Crippen LogP contribution in [0.5, 0.6) is 0 Å². The highest BCUT2D eigenvalue weighted by molar-refractivity contribution is 6.08. The molecule has 2 aromatic carbocycles. The molecule has 0 aliphatic carbocycles. The van der Waals surface area contributed by atoms with Gasteiger partial charge in [0.1, 0.15) is 0 Å². The zero-order chi connectivity index (χ0) is 19.0.